The molecule has 0 amide bonds. The molecule has 0 bridgehead atoms. The molecular formula is C21H27BrClNO3. The molecule has 0 saturated heterocycles. The van der Waals surface area contributed by atoms with Crippen molar-refractivity contribution in [1.82, 2.24) is 4.90 Å². The van der Waals surface area contributed by atoms with Gasteiger partial charge in [0, 0.05) is 28.7 Å². The topological polar surface area (TPSA) is 49.8 Å². The number of benzene rings is 2. The van der Waals surface area contributed by atoms with Crippen LogP contribution in [-0.4, -0.2) is 41.2 Å². The highest BCUT2D eigenvalue weighted by Gasteiger charge is 2.19. The zero-order valence-corrected chi connectivity index (χ0v) is 18.5. The number of carbonyl (C=O) groups excluding carboxylic acids is 1. The first-order chi connectivity index (χ1) is 12.3. The molecule has 0 aliphatic heterocycles. The van der Waals surface area contributed by atoms with Crippen LogP contribution >= 0.6 is 28.3 Å². The fourth-order valence-corrected chi connectivity index (χ4v) is 3.48. The number of hydrogen-bond donors (Lipinski definition) is 1. The van der Waals surface area contributed by atoms with E-state index < -0.39 is 5.97 Å². The van der Waals surface area contributed by atoms with Gasteiger partial charge < -0.3 is 9.84 Å². The summed E-state index contributed by atoms with van der Waals surface area (Å²) < 4.78 is 6.14. The predicted molar refractivity (Wildman–Crippen MR) is 116 cm³/mol. The van der Waals surface area contributed by atoms with E-state index >= 15 is 0 Å². The Kier molecular flexibility index (Phi) is 9.30. The Morgan fingerprint density at radius 1 is 1.11 bits per heavy atom. The largest absolute Gasteiger partial charge is 0.506 e. The van der Waals surface area contributed by atoms with Crippen molar-refractivity contribution in [2.75, 3.05) is 13.2 Å². The Hall–Kier alpha value is -1.56. The van der Waals surface area contributed by atoms with Gasteiger partial charge in [-0.05, 0) is 45.4 Å². The number of phenols is 1. The molecule has 6 heteroatoms. The Balaban J connectivity index is 0.00000364. The third kappa shape index (κ3) is 6.23. The van der Waals surface area contributed by atoms with E-state index in [1.165, 1.54) is 0 Å². The summed E-state index contributed by atoms with van der Waals surface area (Å²) in [7, 11) is 0. The van der Waals surface area contributed by atoms with Crippen molar-refractivity contribution in [3.8, 4) is 16.9 Å². The van der Waals surface area contributed by atoms with Crippen molar-refractivity contribution >= 4 is 34.3 Å². The Bertz CT molecular complexity index is 743. The monoisotopic (exact) mass is 455 g/mol. The molecule has 1 N–H and O–H groups in total. The molecule has 2 rings (SSSR count). The fourth-order valence-electron chi connectivity index (χ4n) is 3.03. The normalized spacial score (nSPS) is 11.0. The van der Waals surface area contributed by atoms with Gasteiger partial charge in [0.25, 0.3) is 0 Å². The van der Waals surface area contributed by atoms with E-state index in [1.807, 2.05) is 30.3 Å². The summed E-state index contributed by atoms with van der Waals surface area (Å²) in [5, 5.41) is 10.6. The van der Waals surface area contributed by atoms with E-state index in [-0.39, 0.29) is 30.3 Å². The van der Waals surface area contributed by atoms with E-state index in [1.54, 1.807) is 12.1 Å². The van der Waals surface area contributed by atoms with E-state index in [4.69, 9.17) is 4.74 Å². The molecule has 2 aromatic rings. The molecule has 27 heavy (non-hydrogen) atoms. The van der Waals surface area contributed by atoms with Crippen LogP contribution in [0.5, 0.6) is 5.75 Å². The lowest BCUT2D eigenvalue weighted by molar-refractivity contribution is 0.0414. The van der Waals surface area contributed by atoms with Crippen LogP contribution in [0.15, 0.2) is 46.9 Å². The number of nitrogens with zero attached hydrogens (tertiary/aromatic N) is 1. The summed E-state index contributed by atoms with van der Waals surface area (Å²) in [6.07, 6.45) is 0. The van der Waals surface area contributed by atoms with Crippen molar-refractivity contribution in [3.05, 3.63) is 52.5 Å². The van der Waals surface area contributed by atoms with Crippen LogP contribution < -0.4 is 0 Å². The Morgan fingerprint density at radius 3 is 2.26 bits per heavy atom. The summed E-state index contributed by atoms with van der Waals surface area (Å²) in [5.41, 5.74) is 1.60. The van der Waals surface area contributed by atoms with Crippen LogP contribution in [0.25, 0.3) is 11.1 Å². The van der Waals surface area contributed by atoms with Crippen molar-refractivity contribution in [1.29, 1.82) is 0 Å². The average Bonchev–Trinajstić information content (AvgIpc) is 2.60. The van der Waals surface area contributed by atoms with Crippen molar-refractivity contribution < 1.29 is 14.6 Å². The lowest BCUT2D eigenvalue weighted by Crippen LogP contribution is -2.39. The molecule has 0 atom stereocenters. The van der Waals surface area contributed by atoms with Gasteiger partial charge in [-0.15, -0.1) is 12.4 Å². The second-order valence-electron chi connectivity index (χ2n) is 6.78. The molecule has 4 nitrogen and oxygen atoms in total. The van der Waals surface area contributed by atoms with Gasteiger partial charge in [-0.2, -0.15) is 0 Å². The highest BCUT2D eigenvalue weighted by molar-refractivity contribution is 9.10. The number of hydrogen-bond acceptors (Lipinski definition) is 4. The van der Waals surface area contributed by atoms with E-state index in [0.29, 0.717) is 28.7 Å². The first-order valence-electron chi connectivity index (χ1n) is 8.82. The maximum absolute atomic E-state index is 12.5. The lowest BCUT2D eigenvalue weighted by atomic mass is 10.0. The first-order valence-corrected chi connectivity index (χ1v) is 9.61. The van der Waals surface area contributed by atoms with Crippen LogP contribution in [0.1, 0.15) is 38.1 Å². The summed E-state index contributed by atoms with van der Waals surface area (Å²) in [4.78, 5) is 14.8. The van der Waals surface area contributed by atoms with E-state index in [9.17, 15) is 9.90 Å². The van der Waals surface area contributed by atoms with E-state index in [0.717, 1.165) is 5.56 Å². The highest BCUT2D eigenvalue weighted by atomic mass is 79.9. The molecule has 2 aromatic carbocycles. The van der Waals surface area contributed by atoms with Crippen molar-refractivity contribution in [2.24, 2.45) is 0 Å². The Labute approximate surface area is 176 Å². The Morgan fingerprint density at radius 2 is 1.70 bits per heavy atom. The number of esters is 1. The van der Waals surface area contributed by atoms with Crippen LogP contribution in [0.2, 0.25) is 0 Å². The van der Waals surface area contributed by atoms with Gasteiger partial charge in [-0.3, -0.25) is 4.90 Å². The summed E-state index contributed by atoms with van der Waals surface area (Å²) >= 11 is 3.42. The molecule has 0 saturated carbocycles. The predicted octanol–water partition coefficient (Wildman–Crippen LogP) is 5.52. The molecule has 0 aromatic heterocycles. The number of halogens is 2. The minimum Gasteiger partial charge on any atom is -0.506 e. The van der Waals surface area contributed by atoms with Gasteiger partial charge in [0.1, 0.15) is 17.9 Å². The quantitative estimate of drug-likeness (QED) is 0.557. The third-order valence-corrected chi connectivity index (χ3v) is 4.75. The number of rotatable bonds is 7. The summed E-state index contributed by atoms with van der Waals surface area (Å²) in [6.45, 7) is 9.41. The molecule has 0 aliphatic rings. The van der Waals surface area contributed by atoms with Crippen LogP contribution in [-0.2, 0) is 4.74 Å². The van der Waals surface area contributed by atoms with Gasteiger partial charge in [0.15, 0.2) is 0 Å². The molecular weight excluding hydrogens is 430 g/mol. The maximum atomic E-state index is 12.5. The molecule has 0 radical (unpaired) electrons. The lowest BCUT2D eigenvalue weighted by Gasteiger charge is -2.30. The summed E-state index contributed by atoms with van der Waals surface area (Å²) in [5.74, 6) is -0.581. The van der Waals surface area contributed by atoms with Crippen molar-refractivity contribution in [3.63, 3.8) is 0 Å². The van der Waals surface area contributed by atoms with Gasteiger partial charge in [0.2, 0.25) is 0 Å². The zero-order valence-electron chi connectivity index (χ0n) is 16.1. The minimum atomic E-state index is -0.520. The third-order valence-electron chi connectivity index (χ3n) is 4.29. The number of ether oxygens (including phenoxy) is 1. The van der Waals surface area contributed by atoms with Crippen LogP contribution in [0, 0.1) is 0 Å². The minimum absolute atomic E-state index is 0. The van der Waals surface area contributed by atoms with E-state index in [2.05, 4.69) is 48.5 Å². The smallest absolute Gasteiger partial charge is 0.342 e. The van der Waals surface area contributed by atoms with Gasteiger partial charge >= 0.3 is 5.97 Å². The first kappa shape index (κ1) is 23.5. The number of carbonyl (C=O) groups is 1. The molecule has 0 unspecified atom stereocenters. The van der Waals surface area contributed by atoms with Crippen LogP contribution in [0.4, 0.5) is 0 Å². The van der Waals surface area contributed by atoms with Crippen molar-refractivity contribution in [2.45, 2.75) is 39.8 Å². The molecule has 0 aliphatic carbocycles. The standard InChI is InChI=1S/C21H26BrNO3.ClH/c1-14(2)23(15(3)4)10-11-26-21(25)19-13-17(22)12-18(20(19)24)16-8-6-5-7-9-16;/h5-9,12-15,24H,10-11H2,1-4H3;1H. The molecule has 148 valence electrons. The molecule has 0 heterocycles. The fraction of sp³-hybridized carbons (Fsp3) is 0.381. The molecule has 0 spiro atoms. The highest BCUT2D eigenvalue weighted by Crippen LogP contribution is 2.35. The maximum Gasteiger partial charge on any atom is 0.342 e. The molecule has 0 fully saturated rings. The van der Waals surface area contributed by atoms with Gasteiger partial charge in [-0.25, -0.2) is 4.79 Å². The van der Waals surface area contributed by atoms with Gasteiger partial charge in [-0.1, -0.05) is 46.3 Å². The number of aromatic hydroxyl groups is 1. The number of phenolic OH excluding ortho intramolecular Hbond substituents is 1. The average molecular weight is 457 g/mol. The zero-order chi connectivity index (χ0) is 19.3. The second-order valence-corrected chi connectivity index (χ2v) is 7.69. The van der Waals surface area contributed by atoms with Gasteiger partial charge in [0.05, 0.1) is 0 Å². The second kappa shape index (κ2) is 10.7. The SMILES string of the molecule is CC(C)N(CCOC(=O)c1cc(Br)cc(-c2ccccc2)c1O)C(C)C.Cl. The van der Waals surface area contributed by atoms with Crippen LogP contribution in [0.3, 0.4) is 0 Å². The summed E-state index contributed by atoms with van der Waals surface area (Å²) in [6, 6.07) is 13.6.